The van der Waals surface area contributed by atoms with E-state index in [1.807, 2.05) is 12.1 Å². The Balaban J connectivity index is 1.95. The molecule has 0 aliphatic heterocycles. The van der Waals surface area contributed by atoms with E-state index in [1.165, 1.54) is 12.8 Å². The lowest BCUT2D eigenvalue weighted by molar-refractivity contribution is 0.135. The molecule has 0 spiro atoms. The van der Waals surface area contributed by atoms with Crippen molar-refractivity contribution in [2.45, 2.75) is 38.7 Å². The van der Waals surface area contributed by atoms with Crippen molar-refractivity contribution in [2.75, 3.05) is 0 Å². The average molecular weight is 226 g/mol. The van der Waals surface area contributed by atoms with E-state index in [9.17, 15) is 0 Å². The topological polar surface area (TPSA) is 22.1 Å². The molecule has 1 aromatic rings. The van der Waals surface area contributed by atoms with Crippen LogP contribution in [0.25, 0.3) is 0 Å². The Morgan fingerprint density at radius 2 is 2.07 bits per heavy atom. The molecule has 2 nitrogen and oxygen atoms in total. The highest BCUT2D eigenvalue weighted by Crippen LogP contribution is 2.29. The molecule has 0 atom stereocenters. The van der Waals surface area contributed by atoms with Gasteiger partial charge in [0.05, 0.1) is 6.10 Å². The predicted octanol–water partition coefficient (Wildman–Crippen LogP) is 3.69. The fourth-order valence-electron chi connectivity index (χ4n) is 1.99. The summed E-state index contributed by atoms with van der Waals surface area (Å²) in [6.07, 6.45) is 6.77. The standard InChI is InChI=1S/C12H16ClNO/c1-9-4-6-10(7-5-9)15-11-3-2-8-14-12(11)13/h2-3,8-10H,4-7H2,1H3. The summed E-state index contributed by atoms with van der Waals surface area (Å²) in [6, 6.07) is 3.74. The lowest BCUT2D eigenvalue weighted by Gasteiger charge is -2.26. The molecule has 1 heterocycles. The van der Waals surface area contributed by atoms with E-state index in [0.717, 1.165) is 24.5 Å². The number of nitrogens with zero attached hydrogens (tertiary/aromatic N) is 1. The normalized spacial score (nSPS) is 26.3. The van der Waals surface area contributed by atoms with Crippen molar-refractivity contribution in [3.63, 3.8) is 0 Å². The van der Waals surface area contributed by atoms with Crippen LogP contribution in [0.4, 0.5) is 0 Å². The van der Waals surface area contributed by atoms with Gasteiger partial charge in [-0.2, -0.15) is 0 Å². The third-order valence-corrected chi connectivity index (χ3v) is 3.27. The summed E-state index contributed by atoms with van der Waals surface area (Å²) in [4.78, 5) is 4.00. The van der Waals surface area contributed by atoms with Crippen molar-refractivity contribution in [1.29, 1.82) is 0 Å². The van der Waals surface area contributed by atoms with E-state index in [-0.39, 0.29) is 0 Å². The van der Waals surface area contributed by atoms with Gasteiger partial charge in [-0.25, -0.2) is 4.98 Å². The first kappa shape index (κ1) is 10.7. The maximum Gasteiger partial charge on any atom is 0.171 e. The molecular weight excluding hydrogens is 210 g/mol. The molecule has 0 bridgehead atoms. The molecule has 0 unspecified atom stereocenters. The van der Waals surface area contributed by atoms with Gasteiger partial charge in [0.1, 0.15) is 0 Å². The van der Waals surface area contributed by atoms with Crippen LogP contribution in [-0.4, -0.2) is 11.1 Å². The van der Waals surface area contributed by atoms with Gasteiger partial charge >= 0.3 is 0 Å². The highest BCUT2D eigenvalue weighted by Gasteiger charge is 2.20. The zero-order chi connectivity index (χ0) is 10.7. The number of rotatable bonds is 2. The van der Waals surface area contributed by atoms with Crippen molar-refractivity contribution in [1.82, 2.24) is 4.98 Å². The van der Waals surface area contributed by atoms with Crippen molar-refractivity contribution in [3.8, 4) is 5.75 Å². The van der Waals surface area contributed by atoms with Gasteiger partial charge in [0.15, 0.2) is 10.9 Å². The van der Waals surface area contributed by atoms with Crippen LogP contribution in [0.1, 0.15) is 32.6 Å². The summed E-state index contributed by atoms with van der Waals surface area (Å²) in [7, 11) is 0. The Bertz CT molecular complexity index is 321. The van der Waals surface area contributed by atoms with E-state index in [2.05, 4.69) is 11.9 Å². The van der Waals surface area contributed by atoms with Crippen molar-refractivity contribution in [3.05, 3.63) is 23.5 Å². The third-order valence-electron chi connectivity index (χ3n) is 2.98. The van der Waals surface area contributed by atoms with Gasteiger partial charge in [-0.3, -0.25) is 0 Å². The van der Waals surface area contributed by atoms with E-state index < -0.39 is 0 Å². The second-order valence-corrected chi connectivity index (χ2v) is 4.65. The Labute approximate surface area is 95.6 Å². The molecule has 0 saturated heterocycles. The fraction of sp³-hybridized carbons (Fsp3) is 0.583. The van der Waals surface area contributed by atoms with Gasteiger partial charge in [-0.1, -0.05) is 18.5 Å². The number of hydrogen-bond acceptors (Lipinski definition) is 2. The van der Waals surface area contributed by atoms with E-state index in [4.69, 9.17) is 16.3 Å². The van der Waals surface area contributed by atoms with Crippen molar-refractivity contribution < 1.29 is 4.74 Å². The van der Waals surface area contributed by atoms with Crippen LogP contribution < -0.4 is 4.74 Å². The Morgan fingerprint density at radius 1 is 1.33 bits per heavy atom. The lowest BCUT2D eigenvalue weighted by atomic mass is 9.89. The molecule has 1 aliphatic carbocycles. The molecular formula is C12H16ClNO. The summed E-state index contributed by atoms with van der Waals surface area (Å²) in [6.45, 7) is 2.30. The molecule has 3 heteroatoms. The quantitative estimate of drug-likeness (QED) is 0.717. The molecule has 1 fully saturated rings. The van der Waals surface area contributed by atoms with Crippen LogP contribution in [0.15, 0.2) is 18.3 Å². The molecule has 1 aromatic heterocycles. The second-order valence-electron chi connectivity index (χ2n) is 4.29. The summed E-state index contributed by atoms with van der Waals surface area (Å²) < 4.78 is 5.84. The first-order valence-electron chi connectivity index (χ1n) is 5.53. The zero-order valence-corrected chi connectivity index (χ0v) is 9.70. The maximum absolute atomic E-state index is 5.94. The van der Waals surface area contributed by atoms with E-state index >= 15 is 0 Å². The summed E-state index contributed by atoms with van der Waals surface area (Å²) in [5, 5.41) is 0.469. The number of hydrogen-bond donors (Lipinski definition) is 0. The molecule has 2 rings (SSSR count). The first-order valence-corrected chi connectivity index (χ1v) is 5.90. The summed E-state index contributed by atoms with van der Waals surface area (Å²) in [5.41, 5.74) is 0. The fourth-order valence-corrected chi connectivity index (χ4v) is 2.15. The van der Waals surface area contributed by atoms with Gasteiger partial charge in [-0.05, 0) is 43.7 Å². The number of aromatic nitrogens is 1. The molecule has 0 N–H and O–H groups in total. The predicted molar refractivity (Wildman–Crippen MR) is 61.3 cm³/mol. The van der Waals surface area contributed by atoms with Crippen molar-refractivity contribution in [2.24, 2.45) is 5.92 Å². The Morgan fingerprint density at radius 3 is 2.73 bits per heavy atom. The van der Waals surface area contributed by atoms with Gasteiger partial charge in [0, 0.05) is 6.20 Å². The molecule has 1 aliphatic rings. The van der Waals surface area contributed by atoms with Crippen LogP contribution >= 0.6 is 11.6 Å². The molecule has 0 amide bonds. The summed E-state index contributed by atoms with van der Waals surface area (Å²) >= 11 is 5.94. The first-order chi connectivity index (χ1) is 7.25. The number of halogens is 1. The van der Waals surface area contributed by atoms with Crippen LogP contribution in [-0.2, 0) is 0 Å². The van der Waals surface area contributed by atoms with Crippen LogP contribution in [0.2, 0.25) is 5.15 Å². The van der Waals surface area contributed by atoms with Gasteiger partial charge in [-0.15, -0.1) is 0 Å². The molecule has 15 heavy (non-hydrogen) atoms. The Kier molecular flexibility index (Phi) is 3.47. The maximum atomic E-state index is 5.94. The van der Waals surface area contributed by atoms with Crippen LogP contribution in [0.5, 0.6) is 5.75 Å². The van der Waals surface area contributed by atoms with Crippen molar-refractivity contribution >= 4 is 11.6 Å². The minimum absolute atomic E-state index is 0.322. The second kappa shape index (κ2) is 4.84. The average Bonchev–Trinajstić information content (AvgIpc) is 2.25. The minimum atomic E-state index is 0.322. The zero-order valence-electron chi connectivity index (χ0n) is 8.95. The van der Waals surface area contributed by atoms with E-state index in [1.54, 1.807) is 6.20 Å². The smallest absolute Gasteiger partial charge is 0.171 e. The number of pyridine rings is 1. The van der Waals surface area contributed by atoms with Gasteiger partial charge in [0.25, 0.3) is 0 Å². The molecule has 1 saturated carbocycles. The van der Waals surface area contributed by atoms with E-state index in [0.29, 0.717) is 11.3 Å². The SMILES string of the molecule is CC1CCC(Oc2cccnc2Cl)CC1. The van der Waals surface area contributed by atoms with Gasteiger partial charge < -0.3 is 4.74 Å². The van der Waals surface area contributed by atoms with Crippen LogP contribution in [0.3, 0.4) is 0 Å². The molecule has 82 valence electrons. The third kappa shape index (κ3) is 2.85. The highest BCUT2D eigenvalue weighted by molar-refractivity contribution is 6.30. The largest absolute Gasteiger partial charge is 0.487 e. The summed E-state index contributed by atoms with van der Waals surface area (Å²) in [5.74, 6) is 1.56. The Hall–Kier alpha value is -0.760. The monoisotopic (exact) mass is 225 g/mol. The highest BCUT2D eigenvalue weighted by atomic mass is 35.5. The minimum Gasteiger partial charge on any atom is -0.487 e. The van der Waals surface area contributed by atoms with Crippen LogP contribution in [0, 0.1) is 5.92 Å². The van der Waals surface area contributed by atoms with Gasteiger partial charge in [0.2, 0.25) is 0 Å². The number of ether oxygens (including phenoxy) is 1. The lowest BCUT2D eigenvalue weighted by Crippen LogP contribution is -2.23. The molecule has 0 aromatic carbocycles. The molecule has 0 radical (unpaired) electrons.